The fourth-order valence-electron chi connectivity index (χ4n) is 3.39. The third-order valence-corrected chi connectivity index (χ3v) is 6.71. The second-order valence-corrected chi connectivity index (χ2v) is 8.41. The summed E-state index contributed by atoms with van der Waals surface area (Å²) in [5.41, 5.74) is 1.08. The van der Waals surface area contributed by atoms with Gasteiger partial charge in [-0.1, -0.05) is 30.7 Å². The third-order valence-electron chi connectivity index (χ3n) is 4.79. The zero-order valence-corrected chi connectivity index (χ0v) is 15.2. The number of rotatable bonds is 4. The number of oxazole rings is 1. The molecule has 1 aliphatic heterocycles. The van der Waals surface area contributed by atoms with Crippen molar-refractivity contribution in [2.75, 3.05) is 6.54 Å². The summed E-state index contributed by atoms with van der Waals surface area (Å²) in [6.07, 6.45) is -0.448. The zero-order valence-electron chi connectivity index (χ0n) is 14.4. The molecule has 1 atom stereocenters. The number of hydrogen-bond acceptors (Lipinski definition) is 4. The van der Waals surface area contributed by atoms with E-state index >= 15 is 0 Å². The Morgan fingerprint density at radius 1 is 1.07 bits per heavy atom. The van der Waals surface area contributed by atoms with Gasteiger partial charge in [0.2, 0.25) is 15.9 Å². The highest BCUT2D eigenvalue weighted by atomic mass is 32.2. The van der Waals surface area contributed by atoms with E-state index in [1.165, 1.54) is 16.4 Å². The number of fused-ring (bicyclic) bond motifs is 1. The summed E-state index contributed by atoms with van der Waals surface area (Å²) >= 11 is 0. The summed E-state index contributed by atoms with van der Waals surface area (Å²) in [4.78, 5) is 4.45. The van der Waals surface area contributed by atoms with Gasteiger partial charge in [0.15, 0.2) is 5.58 Å². The second kappa shape index (κ2) is 7.01. The molecule has 27 heavy (non-hydrogen) atoms. The van der Waals surface area contributed by atoms with Gasteiger partial charge in [0, 0.05) is 12.1 Å². The first-order chi connectivity index (χ1) is 13.0. The van der Waals surface area contributed by atoms with E-state index in [9.17, 15) is 17.2 Å². The van der Waals surface area contributed by atoms with E-state index in [0.29, 0.717) is 30.0 Å². The average molecular weight is 392 g/mol. The normalized spacial score (nSPS) is 19.0. The lowest BCUT2D eigenvalue weighted by Crippen LogP contribution is -2.38. The smallest absolute Gasteiger partial charge is 0.263 e. The molecule has 0 bridgehead atoms. The van der Waals surface area contributed by atoms with Crippen LogP contribution >= 0.6 is 0 Å². The standard InChI is InChI=1S/C19H18F2N2O3S/c20-18(21)13-8-10-14(11-9-13)27(24,25)23-12-4-3-6-16(23)19-22-15-5-1-2-7-17(15)26-19/h1-2,5,7-11,16,18H,3-4,6,12H2. The molecule has 5 nitrogen and oxygen atoms in total. The zero-order chi connectivity index (χ0) is 19.0. The van der Waals surface area contributed by atoms with Gasteiger partial charge in [0.05, 0.1) is 4.90 Å². The first kappa shape index (κ1) is 18.1. The van der Waals surface area contributed by atoms with Crippen molar-refractivity contribution in [2.45, 2.75) is 36.6 Å². The van der Waals surface area contributed by atoms with E-state index in [1.54, 1.807) is 6.07 Å². The Labute approximate surface area is 155 Å². The molecule has 1 aromatic heterocycles. The van der Waals surface area contributed by atoms with Gasteiger partial charge in [-0.25, -0.2) is 22.2 Å². The molecule has 0 N–H and O–H groups in total. The number of para-hydroxylation sites is 2. The number of hydrogen-bond donors (Lipinski definition) is 0. The van der Waals surface area contributed by atoms with E-state index in [4.69, 9.17) is 4.42 Å². The van der Waals surface area contributed by atoms with Crippen molar-refractivity contribution < 1.29 is 21.6 Å². The van der Waals surface area contributed by atoms with Crippen LogP contribution in [-0.4, -0.2) is 24.3 Å². The molecule has 0 aliphatic carbocycles. The molecule has 1 aliphatic rings. The summed E-state index contributed by atoms with van der Waals surface area (Å²) in [6.45, 7) is 0.336. The predicted molar refractivity (Wildman–Crippen MR) is 95.9 cm³/mol. The van der Waals surface area contributed by atoms with Crippen molar-refractivity contribution in [3.05, 3.63) is 60.0 Å². The number of nitrogens with zero attached hydrogens (tertiary/aromatic N) is 2. The van der Waals surface area contributed by atoms with E-state index in [0.717, 1.165) is 25.0 Å². The Hall–Kier alpha value is -2.32. The van der Waals surface area contributed by atoms with Gasteiger partial charge < -0.3 is 4.42 Å². The quantitative estimate of drug-likeness (QED) is 0.647. The second-order valence-electron chi connectivity index (χ2n) is 6.52. The van der Waals surface area contributed by atoms with Crippen molar-refractivity contribution in [1.29, 1.82) is 0 Å². The van der Waals surface area contributed by atoms with Gasteiger partial charge in [-0.3, -0.25) is 0 Å². The number of aromatic nitrogens is 1. The van der Waals surface area contributed by atoms with Gasteiger partial charge >= 0.3 is 0 Å². The van der Waals surface area contributed by atoms with Crippen LogP contribution in [0.1, 0.15) is 43.2 Å². The molecule has 1 unspecified atom stereocenters. The molecule has 2 aromatic carbocycles. The first-order valence-electron chi connectivity index (χ1n) is 8.72. The Morgan fingerprint density at radius 3 is 2.52 bits per heavy atom. The Balaban J connectivity index is 1.70. The van der Waals surface area contributed by atoms with Crippen LogP contribution in [0, 0.1) is 0 Å². The minimum atomic E-state index is -3.85. The first-order valence-corrected chi connectivity index (χ1v) is 10.2. The van der Waals surface area contributed by atoms with Crippen LogP contribution in [-0.2, 0) is 10.0 Å². The molecule has 0 saturated carbocycles. The molecule has 1 fully saturated rings. The summed E-state index contributed by atoms with van der Waals surface area (Å²) in [7, 11) is -3.85. The van der Waals surface area contributed by atoms with Gasteiger partial charge in [0.1, 0.15) is 11.6 Å². The van der Waals surface area contributed by atoms with Crippen LogP contribution in [0.15, 0.2) is 57.8 Å². The van der Waals surface area contributed by atoms with Crippen LogP contribution in [0.5, 0.6) is 0 Å². The molecular formula is C19H18F2N2O3S. The third kappa shape index (κ3) is 3.35. The Kier molecular flexibility index (Phi) is 4.69. The van der Waals surface area contributed by atoms with E-state index in [2.05, 4.69) is 4.98 Å². The van der Waals surface area contributed by atoms with E-state index in [1.807, 2.05) is 18.2 Å². The fourth-order valence-corrected chi connectivity index (χ4v) is 5.04. The molecule has 142 valence electrons. The number of piperidine rings is 1. The van der Waals surface area contributed by atoms with Gasteiger partial charge in [-0.2, -0.15) is 4.31 Å². The fraction of sp³-hybridized carbons (Fsp3) is 0.316. The summed E-state index contributed by atoms with van der Waals surface area (Å²) < 4.78 is 59.0. The molecule has 0 amide bonds. The van der Waals surface area contributed by atoms with Crippen LogP contribution in [0.4, 0.5) is 8.78 Å². The number of halogens is 2. The van der Waals surface area contributed by atoms with Crippen molar-refractivity contribution in [2.24, 2.45) is 0 Å². The van der Waals surface area contributed by atoms with Crippen LogP contribution < -0.4 is 0 Å². The molecule has 0 radical (unpaired) electrons. The van der Waals surface area contributed by atoms with Crippen LogP contribution in [0.2, 0.25) is 0 Å². The van der Waals surface area contributed by atoms with Gasteiger partial charge in [0.25, 0.3) is 6.43 Å². The summed E-state index contributed by atoms with van der Waals surface area (Å²) in [5.74, 6) is 0.365. The molecule has 2 heterocycles. The topological polar surface area (TPSA) is 63.4 Å². The molecular weight excluding hydrogens is 374 g/mol. The molecule has 3 aromatic rings. The number of benzene rings is 2. The predicted octanol–water partition coefficient (Wildman–Crippen LogP) is 4.68. The van der Waals surface area contributed by atoms with E-state index < -0.39 is 22.5 Å². The van der Waals surface area contributed by atoms with Gasteiger partial charge in [-0.05, 0) is 37.1 Å². The van der Waals surface area contributed by atoms with Crippen LogP contribution in [0.25, 0.3) is 11.1 Å². The lowest BCUT2D eigenvalue weighted by Gasteiger charge is -2.32. The van der Waals surface area contributed by atoms with E-state index in [-0.39, 0.29) is 10.5 Å². The minimum absolute atomic E-state index is 0.00471. The highest BCUT2D eigenvalue weighted by molar-refractivity contribution is 7.89. The van der Waals surface area contributed by atoms with Gasteiger partial charge in [-0.15, -0.1) is 0 Å². The number of sulfonamides is 1. The molecule has 8 heteroatoms. The largest absolute Gasteiger partial charge is 0.439 e. The maximum atomic E-state index is 13.1. The summed E-state index contributed by atoms with van der Waals surface area (Å²) in [5, 5.41) is 0. The van der Waals surface area contributed by atoms with Crippen molar-refractivity contribution in [1.82, 2.24) is 9.29 Å². The maximum absolute atomic E-state index is 13.1. The molecule has 1 saturated heterocycles. The lowest BCUT2D eigenvalue weighted by atomic mass is 10.1. The minimum Gasteiger partial charge on any atom is -0.439 e. The summed E-state index contributed by atoms with van der Waals surface area (Å²) in [6, 6.07) is 11.5. The highest BCUT2D eigenvalue weighted by Gasteiger charge is 2.37. The monoisotopic (exact) mass is 392 g/mol. The number of alkyl halides is 2. The van der Waals surface area contributed by atoms with Crippen molar-refractivity contribution >= 4 is 21.1 Å². The molecule has 4 rings (SSSR count). The maximum Gasteiger partial charge on any atom is 0.263 e. The Morgan fingerprint density at radius 2 is 1.81 bits per heavy atom. The van der Waals surface area contributed by atoms with Crippen molar-refractivity contribution in [3.8, 4) is 0 Å². The van der Waals surface area contributed by atoms with Crippen LogP contribution in [0.3, 0.4) is 0 Å². The highest BCUT2D eigenvalue weighted by Crippen LogP contribution is 2.36. The lowest BCUT2D eigenvalue weighted by molar-refractivity contribution is 0.151. The molecule has 0 spiro atoms. The Bertz CT molecular complexity index is 1020. The average Bonchev–Trinajstić information content (AvgIpc) is 3.12. The van der Waals surface area contributed by atoms with Crippen molar-refractivity contribution in [3.63, 3.8) is 0 Å². The SMILES string of the molecule is O=S(=O)(c1ccc(C(F)F)cc1)N1CCCCC1c1nc2ccccc2o1.